The van der Waals surface area contributed by atoms with Gasteiger partial charge >= 0.3 is 0 Å². The van der Waals surface area contributed by atoms with Crippen LogP contribution in [0, 0.1) is 5.82 Å². The minimum Gasteiger partial charge on any atom is -0.262 e. The average molecular weight is 396 g/mol. The molecule has 1 aliphatic rings. The molecule has 0 saturated carbocycles. The Balaban J connectivity index is 1.56. The van der Waals surface area contributed by atoms with E-state index in [9.17, 15) is 4.39 Å². The number of fused-ring (bicyclic) bond motifs is 1. The number of hydrogen-bond acceptors (Lipinski definition) is 3. The van der Waals surface area contributed by atoms with Gasteiger partial charge in [-0.1, -0.05) is 36.4 Å². The second-order valence-electron chi connectivity index (χ2n) is 7.49. The van der Waals surface area contributed by atoms with Crippen molar-refractivity contribution in [2.75, 3.05) is 5.01 Å². The molecular formula is C25H21FN4. The van der Waals surface area contributed by atoms with E-state index < -0.39 is 0 Å². The molecule has 0 unspecified atom stereocenters. The Bertz CT molecular complexity index is 1200. The zero-order valence-electron chi connectivity index (χ0n) is 16.6. The van der Waals surface area contributed by atoms with Crippen molar-refractivity contribution in [2.45, 2.75) is 19.4 Å². The number of para-hydroxylation sites is 2. The second kappa shape index (κ2) is 7.59. The summed E-state index contributed by atoms with van der Waals surface area (Å²) in [5.74, 6) is -0.265. The molecule has 0 fully saturated rings. The summed E-state index contributed by atoms with van der Waals surface area (Å²) < 4.78 is 15.3. The number of nitrogens with zero attached hydrogens (tertiary/aromatic N) is 4. The van der Waals surface area contributed by atoms with Gasteiger partial charge in [0.05, 0.1) is 23.6 Å². The van der Waals surface area contributed by atoms with E-state index in [4.69, 9.17) is 10.2 Å². The Morgan fingerprint density at radius 3 is 2.50 bits per heavy atom. The number of hydrogen-bond donors (Lipinski definition) is 0. The topological polar surface area (TPSA) is 33.4 Å². The van der Waals surface area contributed by atoms with Crippen LogP contribution in [0.15, 0.2) is 90.2 Å². The van der Waals surface area contributed by atoms with Crippen molar-refractivity contribution < 1.29 is 4.39 Å². The molecule has 30 heavy (non-hydrogen) atoms. The maximum absolute atomic E-state index is 13.5. The van der Waals surface area contributed by atoms with Crippen LogP contribution in [0.1, 0.15) is 18.1 Å². The van der Waals surface area contributed by atoms with E-state index in [0.717, 1.165) is 34.6 Å². The molecule has 1 aromatic heterocycles. The normalized spacial score (nSPS) is 15.7. The van der Waals surface area contributed by atoms with E-state index in [2.05, 4.69) is 30.1 Å². The monoisotopic (exact) mass is 396 g/mol. The van der Waals surface area contributed by atoms with Gasteiger partial charge in [0, 0.05) is 17.3 Å². The van der Waals surface area contributed by atoms with Crippen molar-refractivity contribution >= 4 is 11.9 Å². The molecule has 1 aliphatic heterocycles. The van der Waals surface area contributed by atoms with Crippen LogP contribution in [0.2, 0.25) is 0 Å². The molecule has 0 bridgehead atoms. The van der Waals surface area contributed by atoms with Crippen LogP contribution in [0.3, 0.4) is 0 Å². The minimum atomic E-state index is -0.265. The summed E-state index contributed by atoms with van der Waals surface area (Å²) in [7, 11) is 0. The highest BCUT2D eigenvalue weighted by Gasteiger charge is 2.25. The van der Waals surface area contributed by atoms with Gasteiger partial charge in [-0.2, -0.15) is 10.2 Å². The van der Waals surface area contributed by atoms with Crippen LogP contribution in [0.4, 0.5) is 10.1 Å². The quantitative estimate of drug-likeness (QED) is 0.429. The first kappa shape index (κ1) is 18.3. The molecule has 0 spiro atoms. The molecule has 3 aromatic carbocycles. The van der Waals surface area contributed by atoms with E-state index in [1.54, 1.807) is 12.1 Å². The van der Waals surface area contributed by atoms with Crippen molar-refractivity contribution in [3.8, 4) is 16.9 Å². The van der Waals surface area contributed by atoms with Crippen molar-refractivity contribution in [3.63, 3.8) is 0 Å². The lowest BCUT2D eigenvalue weighted by Crippen LogP contribution is -2.23. The number of benzene rings is 3. The van der Waals surface area contributed by atoms with Crippen molar-refractivity contribution in [3.05, 3.63) is 102 Å². The predicted octanol–water partition coefficient (Wildman–Crippen LogP) is 5.46. The summed E-state index contributed by atoms with van der Waals surface area (Å²) in [6.07, 6.45) is 4.79. The highest BCUT2D eigenvalue weighted by atomic mass is 19.1. The van der Waals surface area contributed by atoms with Gasteiger partial charge in [-0.05, 0) is 61.4 Å². The molecule has 0 N–H and O–H groups in total. The number of anilines is 1. The Hall–Kier alpha value is -3.73. The summed E-state index contributed by atoms with van der Waals surface area (Å²) in [4.78, 5) is 0. The van der Waals surface area contributed by atoms with E-state index in [1.165, 1.54) is 17.7 Å². The third-order valence-corrected chi connectivity index (χ3v) is 5.37. The third-order valence-electron chi connectivity index (χ3n) is 5.37. The van der Waals surface area contributed by atoms with Gasteiger partial charge in [-0.15, -0.1) is 0 Å². The fraction of sp³-hybridized carbons (Fsp3) is 0.120. The molecule has 5 rings (SSSR count). The van der Waals surface area contributed by atoms with Gasteiger partial charge < -0.3 is 0 Å². The third kappa shape index (κ3) is 3.39. The number of aromatic nitrogens is 2. The Morgan fingerprint density at radius 1 is 0.967 bits per heavy atom. The predicted molar refractivity (Wildman–Crippen MR) is 119 cm³/mol. The molecule has 4 nitrogen and oxygen atoms in total. The minimum absolute atomic E-state index is 0.265. The highest BCUT2D eigenvalue weighted by Crippen LogP contribution is 2.32. The van der Waals surface area contributed by atoms with Crippen LogP contribution < -0.4 is 5.01 Å². The second-order valence-corrected chi connectivity index (χ2v) is 7.49. The smallest absolute Gasteiger partial charge is 0.123 e. The van der Waals surface area contributed by atoms with Gasteiger partial charge in [0.15, 0.2) is 0 Å². The standard InChI is InChI=1S/C25H21FN4/c1-18-15-20-7-5-6-10-24(20)30(18)27-16-21-17-29(23-8-3-2-4-9-23)28-25(21)19-11-13-22(26)14-12-19/h2-14,16-18H,15H2,1H3/b27-16-/t18-/m1/s1. The molecule has 5 heteroatoms. The van der Waals surface area contributed by atoms with E-state index >= 15 is 0 Å². The van der Waals surface area contributed by atoms with Gasteiger partial charge in [-0.25, -0.2) is 9.07 Å². The molecule has 2 heterocycles. The maximum atomic E-state index is 13.5. The molecule has 4 aromatic rings. The first-order valence-electron chi connectivity index (χ1n) is 10.0. The average Bonchev–Trinajstić information content (AvgIpc) is 3.34. The fourth-order valence-electron chi connectivity index (χ4n) is 3.88. The number of rotatable bonds is 4. The van der Waals surface area contributed by atoms with Gasteiger partial charge in [0.2, 0.25) is 0 Å². The van der Waals surface area contributed by atoms with E-state index in [1.807, 2.05) is 53.5 Å². The van der Waals surface area contributed by atoms with Crippen LogP contribution in [0.25, 0.3) is 16.9 Å². The number of hydrazone groups is 1. The molecule has 0 saturated heterocycles. The molecule has 0 radical (unpaired) electrons. The van der Waals surface area contributed by atoms with Gasteiger partial charge in [0.1, 0.15) is 11.5 Å². The van der Waals surface area contributed by atoms with Crippen LogP contribution >= 0.6 is 0 Å². The molecule has 148 valence electrons. The first-order chi connectivity index (χ1) is 14.7. The van der Waals surface area contributed by atoms with Gasteiger partial charge in [-0.3, -0.25) is 5.01 Å². The highest BCUT2D eigenvalue weighted by molar-refractivity contribution is 5.89. The van der Waals surface area contributed by atoms with E-state index in [0.29, 0.717) is 0 Å². The maximum Gasteiger partial charge on any atom is 0.123 e. The SMILES string of the molecule is C[C@@H]1Cc2ccccc2N1/N=C\c1cn(-c2ccccc2)nc1-c1ccc(F)cc1. The van der Waals surface area contributed by atoms with Crippen LogP contribution in [0.5, 0.6) is 0 Å². The summed E-state index contributed by atoms with van der Waals surface area (Å²) in [6.45, 7) is 2.17. The summed E-state index contributed by atoms with van der Waals surface area (Å²) >= 11 is 0. The Labute approximate surface area is 174 Å². The van der Waals surface area contributed by atoms with Crippen molar-refractivity contribution in [2.24, 2.45) is 5.10 Å². The summed E-state index contributed by atoms with van der Waals surface area (Å²) in [5, 5.41) is 11.6. The van der Waals surface area contributed by atoms with Crippen LogP contribution in [-0.4, -0.2) is 22.0 Å². The zero-order chi connectivity index (χ0) is 20.5. The van der Waals surface area contributed by atoms with Gasteiger partial charge in [0.25, 0.3) is 0 Å². The van der Waals surface area contributed by atoms with E-state index in [-0.39, 0.29) is 11.9 Å². The lowest BCUT2D eigenvalue weighted by atomic mass is 10.1. The number of halogens is 1. The largest absolute Gasteiger partial charge is 0.262 e. The Kier molecular flexibility index (Phi) is 4.64. The Morgan fingerprint density at radius 2 is 1.70 bits per heavy atom. The fourth-order valence-corrected chi connectivity index (χ4v) is 3.88. The van der Waals surface area contributed by atoms with Crippen LogP contribution in [-0.2, 0) is 6.42 Å². The summed E-state index contributed by atoms with van der Waals surface area (Å²) in [6, 6.07) is 25.0. The molecule has 0 amide bonds. The molecule has 1 atom stereocenters. The summed E-state index contributed by atoms with van der Waals surface area (Å²) in [5.41, 5.74) is 5.90. The lowest BCUT2D eigenvalue weighted by molar-refractivity contribution is 0.628. The lowest BCUT2D eigenvalue weighted by Gasteiger charge is -2.18. The zero-order valence-corrected chi connectivity index (χ0v) is 16.6. The molecular weight excluding hydrogens is 375 g/mol. The van der Waals surface area contributed by atoms with Crippen molar-refractivity contribution in [1.29, 1.82) is 0 Å². The first-order valence-corrected chi connectivity index (χ1v) is 10.0. The molecule has 0 aliphatic carbocycles. The van der Waals surface area contributed by atoms with Crippen molar-refractivity contribution in [1.82, 2.24) is 9.78 Å².